The van der Waals surface area contributed by atoms with Crippen molar-refractivity contribution in [1.29, 1.82) is 0 Å². The zero-order valence-electron chi connectivity index (χ0n) is 9.91. The summed E-state index contributed by atoms with van der Waals surface area (Å²) in [6, 6.07) is 11.3. The summed E-state index contributed by atoms with van der Waals surface area (Å²) in [7, 11) is 0. The Labute approximate surface area is 110 Å². The van der Waals surface area contributed by atoms with Gasteiger partial charge in [0.05, 0.1) is 0 Å². The van der Waals surface area contributed by atoms with Crippen LogP contribution in [0.4, 0.5) is 4.39 Å². The Bertz CT molecular complexity index is 593. The third-order valence-electron chi connectivity index (χ3n) is 2.82. The van der Waals surface area contributed by atoms with Gasteiger partial charge in [0.25, 0.3) is 0 Å². The molecule has 0 aliphatic carbocycles. The molecule has 0 bridgehead atoms. The maximum atomic E-state index is 13.0. The lowest BCUT2D eigenvalue weighted by molar-refractivity contribution is 0.0992. The largest absolute Gasteiger partial charge is 0.294 e. The summed E-state index contributed by atoms with van der Waals surface area (Å²) in [5, 5.41) is 0.570. The second-order valence-electron chi connectivity index (χ2n) is 4.14. The van der Waals surface area contributed by atoms with Gasteiger partial charge in [0.1, 0.15) is 5.82 Å². The van der Waals surface area contributed by atoms with Crippen LogP contribution < -0.4 is 0 Å². The van der Waals surface area contributed by atoms with Crippen molar-refractivity contribution in [3.8, 4) is 0 Å². The van der Waals surface area contributed by atoms with Gasteiger partial charge in [-0.2, -0.15) is 0 Å². The van der Waals surface area contributed by atoms with Crippen LogP contribution in [0, 0.1) is 12.7 Å². The van der Waals surface area contributed by atoms with E-state index in [2.05, 4.69) is 0 Å². The van der Waals surface area contributed by atoms with Gasteiger partial charge < -0.3 is 0 Å². The molecule has 1 nitrogen and oxygen atoms in total. The summed E-state index contributed by atoms with van der Waals surface area (Å²) < 4.78 is 13.0. The van der Waals surface area contributed by atoms with Gasteiger partial charge >= 0.3 is 0 Å². The van der Waals surface area contributed by atoms with E-state index in [1.165, 1.54) is 12.1 Å². The molecule has 2 rings (SSSR count). The summed E-state index contributed by atoms with van der Waals surface area (Å²) in [4.78, 5) is 12.1. The van der Waals surface area contributed by atoms with Gasteiger partial charge in [-0.3, -0.25) is 4.79 Å². The number of carbonyl (C=O) groups excluding carboxylic acids is 1. The summed E-state index contributed by atoms with van der Waals surface area (Å²) in [6.07, 6.45) is 0.180. The molecule has 0 radical (unpaired) electrons. The maximum absolute atomic E-state index is 13.0. The lowest BCUT2D eigenvalue weighted by Gasteiger charge is -2.06. The fourth-order valence-electron chi connectivity index (χ4n) is 1.84. The fraction of sp³-hybridized carbons (Fsp3) is 0.133. The van der Waals surface area contributed by atoms with Crippen LogP contribution in [0.5, 0.6) is 0 Å². The number of benzene rings is 2. The molecule has 0 aromatic heterocycles. The number of carbonyl (C=O) groups is 1. The van der Waals surface area contributed by atoms with Crippen molar-refractivity contribution in [2.45, 2.75) is 13.3 Å². The van der Waals surface area contributed by atoms with Gasteiger partial charge in [0, 0.05) is 17.0 Å². The Kier molecular flexibility index (Phi) is 3.78. The van der Waals surface area contributed by atoms with E-state index in [1.54, 1.807) is 37.3 Å². The van der Waals surface area contributed by atoms with E-state index in [9.17, 15) is 9.18 Å². The minimum atomic E-state index is -0.330. The molecule has 92 valence electrons. The van der Waals surface area contributed by atoms with Gasteiger partial charge in [-0.05, 0) is 36.2 Å². The molecule has 0 saturated heterocycles. The summed E-state index contributed by atoms with van der Waals surface area (Å²) in [5.41, 5.74) is 2.02. The third kappa shape index (κ3) is 2.77. The molecular formula is C15H12ClFO. The molecule has 0 amide bonds. The Morgan fingerprint density at radius 2 is 1.94 bits per heavy atom. The van der Waals surface area contributed by atoms with Crippen molar-refractivity contribution in [1.82, 2.24) is 0 Å². The number of hydrogen-bond acceptors (Lipinski definition) is 1. The van der Waals surface area contributed by atoms with E-state index in [0.29, 0.717) is 16.1 Å². The fourth-order valence-corrected chi connectivity index (χ4v) is 2.01. The Hall–Kier alpha value is -1.67. The van der Waals surface area contributed by atoms with Crippen molar-refractivity contribution >= 4 is 17.4 Å². The van der Waals surface area contributed by atoms with Crippen LogP contribution in [-0.4, -0.2) is 5.78 Å². The maximum Gasteiger partial charge on any atom is 0.167 e. The highest BCUT2D eigenvalue weighted by Gasteiger charge is 2.11. The molecule has 0 saturated carbocycles. The minimum absolute atomic E-state index is 0.0550. The molecule has 3 heteroatoms. The van der Waals surface area contributed by atoms with Gasteiger partial charge in [-0.1, -0.05) is 35.9 Å². The van der Waals surface area contributed by atoms with Crippen LogP contribution in [0.2, 0.25) is 5.02 Å². The topological polar surface area (TPSA) is 17.1 Å². The number of halogens is 2. The van der Waals surface area contributed by atoms with Crippen molar-refractivity contribution in [2.75, 3.05) is 0 Å². The highest BCUT2D eigenvalue weighted by molar-refractivity contribution is 6.31. The van der Waals surface area contributed by atoms with E-state index < -0.39 is 0 Å². The van der Waals surface area contributed by atoms with Crippen molar-refractivity contribution in [2.24, 2.45) is 0 Å². The Balaban J connectivity index is 2.25. The average Bonchev–Trinajstić information content (AvgIpc) is 2.32. The SMILES string of the molecule is Cc1c(Cl)cccc1C(=O)Cc1cccc(F)c1. The van der Waals surface area contributed by atoms with Crippen molar-refractivity contribution < 1.29 is 9.18 Å². The summed E-state index contributed by atoms with van der Waals surface area (Å²) in [5.74, 6) is -0.385. The standard InChI is InChI=1S/C15H12ClFO/c1-10-13(6-3-7-14(10)16)15(18)9-11-4-2-5-12(17)8-11/h2-8H,9H2,1H3. The third-order valence-corrected chi connectivity index (χ3v) is 3.23. The summed E-state index contributed by atoms with van der Waals surface area (Å²) >= 11 is 5.97. The second-order valence-corrected chi connectivity index (χ2v) is 4.55. The van der Waals surface area contributed by atoms with Crippen LogP contribution in [0.15, 0.2) is 42.5 Å². The molecule has 2 aromatic carbocycles. The predicted molar refractivity (Wildman–Crippen MR) is 70.6 cm³/mol. The van der Waals surface area contributed by atoms with Crippen molar-refractivity contribution in [3.05, 3.63) is 70.0 Å². The zero-order chi connectivity index (χ0) is 13.1. The predicted octanol–water partition coefficient (Wildman–Crippen LogP) is 4.21. The van der Waals surface area contributed by atoms with Gasteiger partial charge in [-0.25, -0.2) is 4.39 Å². The normalized spacial score (nSPS) is 10.4. The first-order valence-electron chi connectivity index (χ1n) is 5.60. The van der Waals surface area contributed by atoms with Crippen LogP contribution in [0.25, 0.3) is 0 Å². The first kappa shape index (κ1) is 12.8. The van der Waals surface area contributed by atoms with Gasteiger partial charge in [0.15, 0.2) is 5.78 Å². The highest BCUT2D eigenvalue weighted by atomic mass is 35.5. The molecular weight excluding hydrogens is 251 g/mol. The number of rotatable bonds is 3. The lowest BCUT2D eigenvalue weighted by atomic mass is 9.99. The Morgan fingerprint density at radius 1 is 1.22 bits per heavy atom. The van der Waals surface area contributed by atoms with Crippen LogP contribution in [0.3, 0.4) is 0 Å². The minimum Gasteiger partial charge on any atom is -0.294 e. The molecule has 2 aromatic rings. The second kappa shape index (κ2) is 5.32. The van der Waals surface area contributed by atoms with Crippen LogP contribution in [-0.2, 0) is 6.42 Å². The first-order valence-corrected chi connectivity index (χ1v) is 5.98. The molecule has 18 heavy (non-hydrogen) atoms. The number of Topliss-reactive ketones (excluding diaryl/α,β-unsaturated/α-hetero) is 1. The molecule has 0 aliphatic rings. The lowest BCUT2D eigenvalue weighted by Crippen LogP contribution is -2.06. The van der Waals surface area contributed by atoms with E-state index in [1.807, 2.05) is 0 Å². The molecule has 0 aliphatic heterocycles. The first-order chi connectivity index (χ1) is 8.58. The van der Waals surface area contributed by atoms with Crippen LogP contribution >= 0.6 is 11.6 Å². The molecule has 0 fully saturated rings. The monoisotopic (exact) mass is 262 g/mol. The zero-order valence-corrected chi connectivity index (χ0v) is 10.7. The van der Waals surface area contributed by atoms with Gasteiger partial charge in [-0.15, -0.1) is 0 Å². The van der Waals surface area contributed by atoms with E-state index in [0.717, 1.165) is 5.56 Å². The highest BCUT2D eigenvalue weighted by Crippen LogP contribution is 2.20. The number of hydrogen-bond donors (Lipinski definition) is 0. The molecule has 0 spiro atoms. The van der Waals surface area contributed by atoms with E-state index in [4.69, 9.17) is 11.6 Å². The van der Waals surface area contributed by atoms with Crippen LogP contribution in [0.1, 0.15) is 21.5 Å². The number of ketones is 1. The molecule has 0 unspecified atom stereocenters. The smallest absolute Gasteiger partial charge is 0.167 e. The summed E-state index contributed by atoms with van der Waals surface area (Å²) in [6.45, 7) is 1.81. The molecule has 0 N–H and O–H groups in total. The quantitative estimate of drug-likeness (QED) is 0.757. The Morgan fingerprint density at radius 3 is 2.67 bits per heavy atom. The van der Waals surface area contributed by atoms with E-state index >= 15 is 0 Å². The van der Waals surface area contributed by atoms with E-state index in [-0.39, 0.29) is 18.0 Å². The van der Waals surface area contributed by atoms with Crippen molar-refractivity contribution in [3.63, 3.8) is 0 Å². The molecule has 0 heterocycles. The average molecular weight is 263 g/mol. The molecule has 0 atom stereocenters. The van der Waals surface area contributed by atoms with Gasteiger partial charge in [0.2, 0.25) is 0 Å².